The molecule has 0 bridgehead atoms. The van der Waals surface area contributed by atoms with Crippen LogP contribution in [0.15, 0.2) is 0 Å². The fraction of sp³-hybridized carbons (Fsp3) is 0.909. The highest BCUT2D eigenvalue weighted by molar-refractivity contribution is 5.77. The number of hydrogen-bond donors (Lipinski definition) is 2. The molecule has 0 saturated heterocycles. The van der Waals surface area contributed by atoms with Crippen LogP contribution >= 0.6 is 0 Å². The molecule has 0 fully saturated rings. The van der Waals surface area contributed by atoms with Crippen molar-refractivity contribution >= 4 is 5.91 Å². The third kappa shape index (κ3) is 6.89. The first kappa shape index (κ1) is 13.4. The first-order valence-corrected chi connectivity index (χ1v) is 5.49. The van der Waals surface area contributed by atoms with Gasteiger partial charge in [0.2, 0.25) is 5.91 Å². The molecule has 14 heavy (non-hydrogen) atoms. The Hall–Kier alpha value is -0.570. The molecule has 0 unspecified atom stereocenters. The van der Waals surface area contributed by atoms with E-state index in [9.17, 15) is 4.79 Å². The van der Waals surface area contributed by atoms with Crippen molar-refractivity contribution in [3.05, 3.63) is 0 Å². The van der Waals surface area contributed by atoms with E-state index in [1.165, 1.54) is 0 Å². The fourth-order valence-corrected chi connectivity index (χ4v) is 0.966. The van der Waals surface area contributed by atoms with E-state index >= 15 is 0 Å². The molecule has 0 aromatic heterocycles. The maximum Gasteiger partial charge on any atom is 0.233 e. The number of rotatable bonds is 7. The van der Waals surface area contributed by atoms with E-state index in [4.69, 9.17) is 0 Å². The van der Waals surface area contributed by atoms with E-state index in [1.807, 2.05) is 6.92 Å². The molecular weight excluding hydrogens is 176 g/mol. The van der Waals surface area contributed by atoms with Gasteiger partial charge in [-0.1, -0.05) is 27.7 Å². The topological polar surface area (TPSA) is 41.1 Å². The van der Waals surface area contributed by atoms with Crippen molar-refractivity contribution in [1.29, 1.82) is 0 Å². The summed E-state index contributed by atoms with van der Waals surface area (Å²) in [5.41, 5.74) is 0.283. The Bertz CT molecular complexity index is 167. The molecule has 0 radical (unpaired) electrons. The van der Waals surface area contributed by atoms with Gasteiger partial charge < -0.3 is 10.6 Å². The molecule has 0 aliphatic rings. The predicted molar refractivity (Wildman–Crippen MR) is 60.2 cm³/mol. The molecule has 0 heterocycles. The number of nitrogens with one attached hydrogen (secondary N) is 2. The van der Waals surface area contributed by atoms with Crippen molar-refractivity contribution in [2.75, 3.05) is 19.6 Å². The molecule has 0 aliphatic heterocycles. The van der Waals surface area contributed by atoms with Crippen LogP contribution in [0.3, 0.4) is 0 Å². The Morgan fingerprint density at radius 1 is 1.29 bits per heavy atom. The zero-order valence-electron chi connectivity index (χ0n) is 9.94. The molecule has 2 N–H and O–H groups in total. The lowest BCUT2D eigenvalue weighted by atomic mass is 9.90. The molecule has 0 rings (SSSR count). The molecule has 0 saturated carbocycles. The van der Waals surface area contributed by atoms with Crippen molar-refractivity contribution in [2.45, 2.75) is 40.5 Å². The Morgan fingerprint density at radius 2 is 1.93 bits per heavy atom. The van der Waals surface area contributed by atoms with Crippen LogP contribution in [-0.4, -0.2) is 25.5 Å². The molecule has 84 valence electrons. The molecule has 3 heteroatoms. The maximum atomic E-state index is 11.2. The van der Waals surface area contributed by atoms with E-state index in [1.54, 1.807) is 0 Å². The second kappa shape index (κ2) is 6.82. The Morgan fingerprint density at radius 3 is 2.43 bits per heavy atom. The lowest BCUT2D eigenvalue weighted by molar-refractivity contribution is -0.120. The second-order valence-electron chi connectivity index (χ2n) is 4.47. The Kier molecular flexibility index (Phi) is 6.54. The standard InChI is InChI=1S/C11H24N2O/c1-5-7-13-10(14)8-12-9-11(3,4)6-2/h12H,5-9H2,1-4H3,(H,13,14). The summed E-state index contributed by atoms with van der Waals surface area (Å²) in [4.78, 5) is 11.2. The van der Waals surface area contributed by atoms with Crippen molar-refractivity contribution < 1.29 is 4.79 Å². The van der Waals surface area contributed by atoms with Crippen LogP contribution in [0.25, 0.3) is 0 Å². The molecular formula is C11H24N2O. The van der Waals surface area contributed by atoms with Gasteiger partial charge in [-0.2, -0.15) is 0 Å². The Balaban J connectivity index is 3.49. The molecule has 3 nitrogen and oxygen atoms in total. The van der Waals surface area contributed by atoms with Crippen molar-refractivity contribution in [3.8, 4) is 0 Å². The highest BCUT2D eigenvalue weighted by Crippen LogP contribution is 2.17. The summed E-state index contributed by atoms with van der Waals surface area (Å²) in [6.07, 6.45) is 2.11. The van der Waals surface area contributed by atoms with Crippen molar-refractivity contribution in [2.24, 2.45) is 5.41 Å². The molecule has 0 aliphatic carbocycles. The van der Waals surface area contributed by atoms with E-state index in [2.05, 4.69) is 31.4 Å². The number of carbonyl (C=O) groups is 1. The minimum Gasteiger partial charge on any atom is -0.355 e. The van der Waals surface area contributed by atoms with Crippen LogP contribution in [0.5, 0.6) is 0 Å². The highest BCUT2D eigenvalue weighted by Gasteiger charge is 2.14. The summed E-state index contributed by atoms with van der Waals surface area (Å²) in [5.74, 6) is 0.0961. The Labute approximate surface area is 87.6 Å². The summed E-state index contributed by atoms with van der Waals surface area (Å²) in [5, 5.41) is 6.01. The molecule has 0 aromatic carbocycles. The van der Waals surface area contributed by atoms with E-state index in [-0.39, 0.29) is 11.3 Å². The monoisotopic (exact) mass is 200 g/mol. The van der Waals surface area contributed by atoms with Crippen molar-refractivity contribution in [1.82, 2.24) is 10.6 Å². The number of carbonyl (C=O) groups excluding carboxylic acids is 1. The average Bonchev–Trinajstić information content (AvgIpc) is 2.14. The molecule has 0 aromatic rings. The van der Waals surface area contributed by atoms with Gasteiger partial charge in [0.15, 0.2) is 0 Å². The third-order valence-corrected chi connectivity index (χ3v) is 2.42. The maximum absolute atomic E-state index is 11.2. The zero-order chi connectivity index (χ0) is 11.0. The summed E-state index contributed by atoms with van der Waals surface area (Å²) < 4.78 is 0. The van der Waals surface area contributed by atoms with Crippen LogP contribution in [0, 0.1) is 5.41 Å². The minimum atomic E-state index is 0.0961. The van der Waals surface area contributed by atoms with Gasteiger partial charge in [-0.3, -0.25) is 4.79 Å². The van der Waals surface area contributed by atoms with E-state index < -0.39 is 0 Å². The minimum absolute atomic E-state index is 0.0961. The van der Waals surface area contributed by atoms with Gasteiger partial charge in [-0.25, -0.2) is 0 Å². The molecule has 0 spiro atoms. The highest BCUT2D eigenvalue weighted by atomic mass is 16.1. The lowest BCUT2D eigenvalue weighted by Crippen LogP contribution is -2.38. The summed E-state index contributed by atoms with van der Waals surface area (Å²) in [6.45, 7) is 10.7. The van der Waals surface area contributed by atoms with E-state index in [0.29, 0.717) is 6.54 Å². The number of hydrogen-bond acceptors (Lipinski definition) is 2. The fourth-order valence-electron chi connectivity index (χ4n) is 0.966. The summed E-state index contributed by atoms with van der Waals surface area (Å²) in [7, 11) is 0. The van der Waals surface area contributed by atoms with Gasteiger partial charge in [0.05, 0.1) is 6.54 Å². The van der Waals surface area contributed by atoms with Crippen LogP contribution in [0.2, 0.25) is 0 Å². The quantitative estimate of drug-likeness (QED) is 0.654. The summed E-state index contributed by atoms with van der Waals surface area (Å²) >= 11 is 0. The van der Waals surface area contributed by atoms with Gasteiger partial charge in [-0.05, 0) is 18.3 Å². The summed E-state index contributed by atoms with van der Waals surface area (Å²) in [6, 6.07) is 0. The first-order valence-electron chi connectivity index (χ1n) is 5.49. The SMILES string of the molecule is CCCNC(=O)CNCC(C)(C)CC. The number of amides is 1. The zero-order valence-corrected chi connectivity index (χ0v) is 9.94. The van der Waals surface area contributed by atoms with Crippen LogP contribution in [0.4, 0.5) is 0 Å². The van der Waals surface area contributed by atoms with Crippen LogP contribution < -0.4 is 10.6 Å². The second-order valence-corrected chi connectivity index (χ2v) is 4.47. The first-order chi connectivity index (χ1) is 6.52. The smallest absolute Gasteiger partial charge is 0.233 e. The van der Waals surface area contributed by atoms with Crippen molar-refractivity contribution in [3.63, 3.8) is 0 Å². The van der Waals surface area contributed by atoms with Crippen LogP contribution in [-0.2, 0) is 4.79 Å². The average molecular weight is 200 g/mol. The lowest BCUT2D eigenvalue weighted by Gasteiger charge is -2.22. The normalized spacial score (nSPS) is 11.4. The van der Waals surface area contributed by atoms with Gasteiger partial charge in [0.25, 0.3) is 0 Å². The van der Waals surface area contributed by atoms with Gasteiger partial charge in [-0.15, -0.1) is 0 Å². The predicted octanol–water partition coefficient (Wildman–Crippen LogP) is 1.54. The third-order valence-electron chi connectivity index (χ3n) is 2.42. The van der Waals surface area contributed by atoms with Gasteiger partial charge in [0.1, 0.15) is 0 Å². The largest absolute Gasteiger partial charge is 0.355 e. The van der Waals surface area contributed by atoms with Gasteiger partial charge in [0, 0.05) is 13.1 Å². The van der Waals surface area contributed by atoms with E-state index in [0.717, 1.165) is 25.9 Å². The van der Waals surface area contributed by atoms with Gasteiger partial charge >= 0.3 is 0 Å². The molecule has 0 atom stereocenters. The van der Waals surface area contributed by atoms with Crippen LogP contribution in [0.1, 0.15) is 40.5 Å². The molecule has 1 amide bonds.